The van der Waals surface area contributed by atoms with Crippen LogP contribution < -0.4 is 5.32 Å². The zero-order valence-electron chi connectivity index (χ0n) is 17.9. The van der Waals surface area contributed by atoms with Gasteiger partial charge >= 0.3 is 0 Å². The van der Waals surface area contributed by atoms with Crippen molar-refractivity contribution < 1.29 is 22.7 Å². The molecule has 0 saturated carbocycles. The number of nitrogens with zero attached hydrogens (tertiary/aromatic N) is 2. The smallest absolute Gasteiger partial charge is 0.251 e. The van der Waals surface area contributed by atoms with Gasteiger partial charge in [-0.3, -0.25) is 9.59 Å². The molecule has 29 heavy (non-hydrogen) atoms. The monoisotopic (exact) mass is 425 g/mol. The molecule has 1 heterocycles. The lowest BCUT2D eigenvalue weighted by molar-refractivity contribution is -0.131. The van der Waals surface area contributed by atoms with Crippen molar-refractivity contribution in [3.8, 4) is 0 Å². The Kier molecular flexibility index (Phi) is 7.42. The normalized spacial score (nSPS) is 21.6. The van der Waals surface area contributed by atoms with E-state index in [0.717, 1.165) is 0 Å². The van der Waals surface area contributed by atoms with E-state index < -0.39 is 22.0 Å². The van der Waals surface area contributed by atoms with Gasteiger partial charge in [0.2, 0.25) is 15.9 Å². The van der Waals surface area contributed by atoms with Gasteiger partial charge in [-0.2, -0.15) is 4.31 Å². The molecule has 0 spiro atoms. The summed E-state index contributed by atoms with van der Waals surface area (Å²) in [4.78, 5) is 26.4. The zero-order valence-corrected chi connectivity index (χ0v) is 18.7. The molecule has 1 N–H and O–H groups in total. The molecule has 162 valence electrons. The third-order valence-electron chi connectivity index (χ3n) is 4.80. The minimum Gasteiger partial charge on any atom is -0.373 e. The van der Waals surface area contributed by atoms with Crippen LogP contribution >= 0.6 is 0 Å². The number of sulfonamides is 1. The number of rotatable bonds is 6. The van der Waals surface area contributed by atoms with Gasteiger partial charge in [0.15, 0.2) is 0 Å². The molecular weight excluding hydrogens is 394 g/mol. The number of amides is 2. The summed E-state index contributed by atoms with van der Waals surface area (Å²) in [6, 6.07) is 5.12. The summed E-state index contributed by atoms with van der Waals surface area (Å²) in [5, 5.41) is 2.74. The van der Waals surface area contributed by atoms with E-state index in [1.54, 1.807) is 14.1 Å². The van der Waals surface area contributed by atoms with Gasteiger partial charge in [0.05, 0.1) is 17.1 Å². The van der Waals surface area contributed by atoms with Gasteiger partial charge < -0.3 is 15.0 Å². The van der Waals surface area contributed by atoms with Crippen LogP contribution in [-0.2, 0) is 19.6 Å². The van der Waals surface area contributed by atoms with Gasteiger partial charge in [-0.1, -0.05) is 13.8 Å². The maximum atomic E-state index is 12.9. The van der Waals surface area contributed by atoms with E-state index in [1.165, 1.54) is 33.5 Å². The van der Waals surface area contributed by atoms with Gasteiger partial charge in [-0.25, -0.2) is 8.42 Å². The molecule has 0 bridgehead atoms. The molecule has 1 aliphatic heterocycles. The molecule has 0 unspecified atom stereocenters. The predicted molar refractivity (Wildman–Crippen MR) is 110 cm³/mol. The molecule has 0 radical (unpaired) electrons. The highest BCUT2D eigenvalue weighted by atomic mass is 32.2. The number of carbonyl (C=O) groups excluding carboxylic acids is 2. The lowest BCUT2D eigenvalue weighted by Gasteiger charge is -2.34. The lowest BCUT2D eigenvalue weighted by Crippen LogP contribution is -2.49. The molecule has 9 heteroatoms. The van der Waals surface area contributed by atoms with E-state index in [0.29, 0.717) is 5.56 Å². The number of benzene rings is 1. The van der Waals surface area contributed by atoms with Crippen molar-refractivity contribution >= 4 is 21.8 Å². The second-order valence-electron chi connectivity index (χ2n) is 8.03. The van der Waals surface area contributed by atoms with Crippen LogP contribution in [0.25, 0.3) is 0 Å². The standard InChI is InChI=1S/C20H31N3O5S/c1-13(2)18(20(25)22(5)6)21-19(24)16-7-9-17(10-8-16)29(26,27)23-11-14(3)28-15(4)12-23/h7-10,13-15,18H,11-12H2,1-6H3,(H,21,24)/t14-,15-,18-/m1/s1. The molecule has 0 aromatic heterocycles. The summed E-state index contributed by atoms with van der Waals surface area (Å²) in [5.41, 5.74) is 0.296. The lowest BCUT2D eigenvalue weighted by atomic mass is 10.0. The molecule has 3 atom stereocenters. The number of carbonyl (C=O) groups is 2. The average molecular weight is 426 g/mol. The summed E-state index contributed by atoms with van der Waals surface area (Å²) in [6.45, 7) is 7.96. The molecule has 1 aromatic carbocycles. The molecule has 1 fully saturated rings. The van der Waals surface area contributed by atoms with Crippen molar-refractivity contribution in [2.24, 2.45) is 5.92 Å². The second-order valence-corrected chi connectivity index (χ2v) is 9.97. The predicted octanol–water partition coefficient (Wildman–Crippen LogP) is 1.33. The molecule has 8 nitrogen and oxygen atoms in total. The summed E-state index contributed by atoms with van der Waals surface area (Å²) in [6.07, 6.45) is -0.360. The summed E-state index contributed by atoms with van der Waals surface area (Å²) in [7, 11) is -0.399. The highest BCUT2D eigenvalue weighted by Crippen LogP contribution is 2.21. The van der Waals surface area contributed by atoms with Crippen molar-refractivity contribution in [3.05, 3.63) is 29.8 Å². The average Bonchev–Trinajstić information content (AvgIpc) is 2.64. The van der Waals surface area contributed by atoms with Crippen LogP contribution in [0.5, 0.6) is 0 Å². The third kappa shape index (κ3) is 5.55. The van der Waals surface area contributed by atoms with E-state index in [1.807, 2.05) is 27.7 Å². The zero-order chi connectivity index (χ0) is 21.9. The first kappa shape index (κ1) is 23.3. The van der Waals surface area contributed by atoms with Crippen LogP contribution in [0.1, 0.15) is 38.1 Å². The van der Waals surface area contributed by atoms with Gasteiger partial charge in [0, 0.05) is 32.7 Å². The highest BCUT2D eigenvalue weighted by Gasteiger charge is 2.32. The van der Waals surface area contributed by atoms with Crippen molar-refractivity contribution in [2.45, 2.75) is 50.8 Å². The van der Waals surface area contributed by atoms with Crippen LogP contribution in [0.15, 0.2) is 29.2 Å². The van der Waals surface area contributed by atoms with Crippen molar-refractivity contribution in [3.63, 3.8) is 0 Å². The van der Waals surface area contributed by atoms with Crippen LogP contribution in [0, 0.1) is 5.92 Å². The molecule has 1 saturated heterocycles. The van der Waals surface area contributed by atoms with Crippen molar-refractivity contribution in [2.75, 3.05) is 27.2 Å². The van der Waals surface area contributed by atoms with E-state index >= 15 is 0 Å². The fourth-order valence-electron chi connectivity index (χ4n) is 3.27. The number of morpholine rings is 1. The summed E-state index contributed by atoms with van der Waals surface area (Å²) in [5.74, 6) is -0.696. The van der Waals surface area contributed by atoms with E-state index in [2.05, 4.69) is 5.32 Å². The van der Waals surface area contributed by atoms with Crippen LogP contribution in [0.2, 0.25) is 0 Å². The first-order valence-corrected chi connectivity index (χ1v) is 11.1. The van der Waals surface area contributed by atoms with Crippen LogP contribution in [0.3, 0.4) is 0 Å². The topological polar surface area (TPSA) is 96.0 Å². The van der Waals surface area contributed by atoms with Crippen molar-refractivity contribution in [1.82, 2.24) is 14.5 Å². The molecule has 2 rings (SSSR count). The Morgan fingerprint density at radius 1 is 1.10 bits per heavy atom. The Bertz CT molecular complexity index is 826. The number of likely N-dealkylation sites (N-methyl/N-ethyl adjacent to an activating group) is 1. The minimum absolute atomic E-state index is 0.0844. The Morgan fingerprint density at radius 3 is 2.07 bits per heavy atom. The number of ether oxygens (including phenoxy) is 1. The largest absolute Gasteiger partial charge is 0.373 e. The fourth-order valence-corrected chi connectivity index (χ4v) is 4.86. The Balaban J connectivity index is 2.16. The van der Waals surface area contributed by atoms with Gasteiger partial charge in [0.25, 0.3) is 5.91 Å². The van der Waals surface area contributed by atoms with E-state index in [-0.39, 0.29) is 42.0 Å². The molecule has 0 aliphatic carbocycles. The fraction of sp³-hybridized carbons (Fsp3) is 0.600. The van der Waals surface area contributed by atoms with Crippen LogP contribution in [0.4, 0.5) is 0 Å². The van der Waals surface area contributed by atoms with Crippen molar-refractivity contribution in [1.29, 1.82) is 0 Å². The Labute approximate surface area is 173 Å². The number of nitrogens with one attached hydrogen (secondary N) is 1. The summed E-state index contributed by atoms with van der Waals surface area (Å²) < 4.78 is 32.8. The molecule has 1 aliphatic rings. The number of hydrogen-bond acceptors (Lipinski definition) is 5. The Hall–Kier alpha value is -1.97. The SMILES string of the molecule is CC(C)[C@@H](NC(=O)c1ccc(S(=O)(=O)N2C[C@@H](C)O[C@H](C)C2)cc1)C(=O)N(C)C. The first-order chi connectivity index (χ1) is 13.4. The number of hydrogen-bond donors (Lipinski definition) is 1. The van der Waals surface area contributed by atoms with Gasteiger partial charge in [0.1, 0.15) is 6.04 Å². The maximum absolute atomic E-state index is 12.9. The second kappa shape index (κ2) is 9.23. The molecule has 1 aromatic rings. The third-order valence-corrected chi connectivity index (χ3v) is 6.65. The minimum atomic E-state index is -3.67. The Morgan fingerprint density at radius 2 is 1.62 bits per heavy atom. The quantitative estimate of drug-likeness (QED) is 0.742. The van der Waals surface area contributed by atoms with Gasteiger partial charge in [-0.15, -0.1) is 0 Å². The maximum Gasteiger partial charge on any atom is 0.251 e. The first-order valence-electron chi connectivity index (χ1n) is 9.71. The highest BCUT2D eigenvalue weighted by molar-refractivity contribution is 7.89. The van der Waals surface area contributed by atoms with Crippen LogP contribution in [-0.4, -0.2) is 74.9 Å². The van der Waals surface area contributed by atoms with Gasteiger partial charge in [-0.05, 0) is 44.0 Å². The van der Waals surface area contributed by atoms with E-state index in [4.69, 9.17) is 4.74 Å². The summed E-state index contributed by atoms with van der Waals surface area (Å²) >= 11 is 0. The van der Waals surface area contributed by atoms with E-state index in [9.17, 15) is 18.0 Å². The molecule has 2 amide bonds. The molecular formula is C20H31N3O5S.